The zero-order chi connectivity index (χ0) is 30.3. The minimum absolute atomic E-state index is 0. The molecule has 226 valence electrons. The van der Waals surface area contributed by atoms with Crippen LogP contribution in [0.2, 0.25) is 0 Å². The van der Waals surface area contributed by atoms with Crippen molar-refractivity contribution in [3.05, 3.63) is 120 Å². The van der Waals surface area contributed by atoms with Crippen LogP contribution in [-0.2, 0) is 32.3 Å². The van der Waals surface area contributed by atoms with Crippen molar-refractivity contribution >= 4 is 58.8 Å². The molecule has 1 unspecified atom stereocenters. The third-order valence-corrected chi connectivity index (χ3v) is 7.11. The molecule has 1 aliphatic heterocycles. The lowest BCUT2D eigenvalue weighted by atomic mass is 10.0. The van der Waals surface area contributed by atoms with Crippen molar-refractivity contribution in [2.75, 3.05) is 21.7 Å². The first-order valence-electron chi connectivity index (χ1n) is 13.7. The van der Waals surface area contributed by atoms with Crippen molar-refractivity contribution < 1.29 is 23.6 Å². The summed E-state index contributed by atoms with van der Waals surface area (Å²) < 4.78 is 14.1. The standard InChI is InChI=1S/C33H30FN5O4.ClH/c34-27-11-5-4-8-23(27)20-36-30(40)18-26-32(42)38(21-31(41)37-24-9-2-1-3-10-24)28-12-6-7-13-29(28)39(33(26)43)25-16-14-22(19-35)15-17-25;/h1-17,26H,18-21,35H2,(H,36,40)(H,37,41);1H. The van der Waals surface area contributed by atoms with Gasteiger partial charge in [-0.1, -0.05) is 60.7 Å². The first-order chi connectivity index (χ1) is 20.9. The monoisotopic (exact) mass is 615 g/mol. The predicted molar refractivity (Wildman–Crippen MR) is 169 cm³/mol. The highest BCUT2D eigenvalue weighted by molar-refractivity contribution is 6.22. The number of hydrogen-bond donors (Lipinski definition) is 3. The van der Waals surface area contributed by atoms with E-state index in [2.05, 4.69) is 10.6 Å². The second-order valence-electron chi connectivity index (χ2n) is 10.00. The summed E-state index contributed by atoms with van der Waals surface area (Å²) in [6, 6.07) is 28.5. The van der Waals surface area contributed by atoms with Gasteiger partial charge in [0, 0.05) is 36.4 Å². The Morgan fingerprint density at radius 1 is 0.773 bits per heavy atom. The number of halogens is 2. The highest BCUT2D eigenvalue weighted by Gasteiger charge is 2.42. The van der Waals surface area contributed by atoms with Crippen LogP contribution in [0, 0.1) is 11.7 Å². The van der Waals surface area contributed by atoms with Crippen LogP contribution in [-0.4, -0.2) is 30.2 Å². The predicted octanol–water partition coefficient (Wildman–Crippen LogP) is 4.68. The molecule has 11 heteroatoms. The van der Waals surface area contributed by atoms with Crippen LogP contribution in [0.3, 0.4) is 0 Å². The number of rotatable bonds is 9. The number of carbonyl (C=O) groups excluding carboxylic acids is 4. The highest BCUT2D eigenvalue weighted by atomic mass is 35.5. The van der Waals surface area contributed by atoms with Crippen molar-refractivity contribution in [2.24, 2.45) is 11.7 Å². The molecule has 4 aromatic rings. The lowest BCUT2D eigenvalue weighted by molar-refractivity contribution is -0.136. The minimum atomic E-state index is -1.47. The Balaban J connectivity index is 0.00000442. The summed E-state index contributed by atoms with van der Waals surface area (Å²) in [4.78, 5) is 57.1. The van der Waals surface area contributed by atoms with Gasteiger partial charge in [-0.3, -0.25) is 24.1 Å². The van der Waals surface area contributed by atoms with Gasteiger partial charge in [-0.05, 0) is 48.0 Å². The lowest BCUT2D eigenvalue weighted by Gasteiger charge is -2.25. The van der Waals surface area contributed by atoms with Crippen LogP contribution in [0.4, 0.5) is 27.1 Å². The molecule has 1 atom stereocenters. The summed E-state index contributed by atoms with van der Waals surface area (Å²) in [5.74, 6) is -4.39. The van der Waals surface area contributed by atoms with Crippen molar-refractivity contribution in [3.63, 3.8) is 0 Å². The van der Waals surface area contributed by atoms with E-state index >= 15 is 0 Å². The Hall–Kier alpha value is -5.06. The average molecular weight is 616 g/mol. The molecule has 1 heterocycles. The Morgan fingerprint density at radius 2 is 1.41 bits per heavy atom. The molecule has 0 aromatic heterocycles. The van der Waals surface area contributed by atoms with E-state index in [1.165, 1.54) is 21.9 Å². The molecule has 9 nitrogen and oxygen atoms in total. The largest absolute Gasteiger partial charge is 0.352 e. The fourth-order valence-corrected chi connectivity index (χ4v) is 4.91. The molecule has 4 N–H and O–H groups in total. The van der Waals surface area contributed by atoms with E-state index < -0.39 is 48.3 Å². The van der Waals surface area contributed by atoms with E-state index in [1.54, 1.807) is 84.9 Å². The van der Waals surface area contributed by atoms with Crippen LogP contribution in [0.15, 0.2) is 103 Å². The van der Waals surface area contributed by atoms with Gasteiger partial charge in [0.25, 0.3) is 0 Å². The average Bonchev–Trinajstić information content (AvgIpc) is 3.10. The molecular formula is C33H31ClFN5O4. The first-order valence-corrected chi connectivity index (χ1v) is 13.7. The summed E-state index contributed by atoms with van der Waals surface area (Å²) in [5, 5.41) is 5.38. The normalized spacial score (nSPS) is 14.3. The van der Waals surface area contributed by atoms with E-state index in [9.17, 15) is 23.6 Å². The number of nitrogens with two attached hydrogens (primary N) is 1. The fourth-order valence-electron chi connectivity index (χ4n) is 4.91. The Kier molecular flexibility index (Phi) is 10.4. The molecule has 4 aromatic carbocycles. The van der Waals surface area contributed by atoms with E-state index in [4.69, 9.17) is 5.73 Å². The molecule has 0 saturated heterocycles. The van der Waals surface area contributed by atoms with Gasteiger partial charge in [-0.25, -0.2) is 4.39 Å². The topological polar surface area (TPSA) is 125 Å². The molecular weight excluding hydrogens is 585 g/mol. The highest BCUT2D eigenvalue weighted by Crippen LogP contribution is 2.40. The number of anilines is 4. The van der Waals surface area contributed by atoms with Crippen LogP contribution in [0.1, 0.15) is 17.5 Å². The maximum atomic E-state index is 14.2. The molecule has 0 bridgehead atoms. The Bertz CT molecular complexity index is 1650. The van der Waals surface area contributed by atoms with Crippen LogP contribution in [0.25, 0.3) is 0 Å². The molecule has 0 radical (unpaired) electrons. The van der Waals surface area contributed by atoms with Gasteiger partial charge in [0.15, 0.2) is 0 Å². The van der Waals surface area contributed by atoms with Gasteiger partial charge in [0.1, 0.15) is 18.3 Å². The third kappa shape index (κ3) is 7.11. The zero-order valence-electron chi connectivity index (χ0n) is 23.6. The van der Waals surface area contributed by atoms with Gasteiger partial charge in [-0.2, -0.15) is 0 Å². The molecule has 0 spiro atoms. The van der Waals surface area contributed by atoms with Gasteiger partial charge in [-0.15, -0.1) is 12.4 Å². The van der Waals surface area contributed by atoms with Crippen LogP contribution >= 0.6 is 12.4 Å². The van der Waals surface area contributed by atoms with E-state index in [-0.39, 0.29) is 24.5 Å². The quantitative estimate of drug-likeness (QED) is 0.236. The zero-order valence-corrected chi connectivity index (χ0v) is 24.4. The molecule has 0 aliphatic carbocycles. The van der Waals surface area contributed by atoms with Crippen LogP contribution < -0.4 is 26.2 Å². The van der Waals surface area contributed by atoms with Gasteiger partial charge < -0.3 is 21.3 Å². The van der Waals surface area contributed by atoms with Gasteiger partial charge >= 0.3 is 0 Å². The second kappa shape index (κ2) is 14.4. The molecule has 0 fully saturated rings. The third-order valence-electron chi connectivity index (χ3n) is 7.11. The lowest BCUT2D eigenvalue weighted by Crippen LogP contribution is -2.45. The maximum absolute atomic E-state index is 14.2. The summed E-state index contributed by atoms with van der Waals surface area (Å²) in [7, 11) is 0. The number of fused-ring (bicyclic) bond motifs is 1. The summed E-state index contributed by atoms with van der Waals surface area (Å²) >= 11 is 0. The number of benzene rings is 4. The molecule has 0 saturated carbocycles. The number of carbonyl (C=O) groups is 4. The summed E-state index contributed by atoms with van der Waals surface area (Å²) in [5.41, 5.74) is 8.60. The van der Waals surface area contributed by atoms with Crippen molar-refractivity contribution in [3.8, 4) is 0 Å². The van der Waals surface area contributed by atoms with Crippen molar-refractivity contribution in [1.29, 1.82) is 0 Å². The fraction of sp³-hybridized carbons (Fsp3) is 0.152. The molecule has 1 aliphatic rings. The Labute approximate surface area is 260 Å². The number of amides is 4. The van der Waals surface area contributed by atoms with Crippen LogP contribution in [0.5, 0.6) is 0 Å². The SMILES string of the molecule is Cl.NCc1ccc(N2C(=O)C(CC(=O)NCc3ccccc3F)C(=O)N(CC(=O)Nc3ccccc3)c3ccccc32)cc1. The van der Waals surface area contributed by atoms with Crippen molar-refractivity contribution in [1.82, 2.24) is 5.32 Å². The first kappa shape index (κ1) is 31.9. The van der Waals surface area contributed by atoms with E-state index in [0.717, 1.165) is 5.56 Å². The van der Waals surface area contributed by atoms with E-state index in [0.29, 0.717) is 29.3 Å². The molecule has 44 heavy (non-hydrogen) atoms. The van der Waals surface area contributed by atoms with Gasteiger partial charge in [0.2, 0.25) is 23.6 Å². The van der Waals surface area contributed by atoms with Gasteiger partial charge in [0.05, 0.1) is 11.4 Å². The second-order valence-corrected chi connectivity index (χ2v) is 10.00. The number of hydrogen-bond acceptors (Lipinski definition) is 5. The molecule has 4 amide bonds. The summed E-state index contributed by atoms with van der Waals surface area (Å²) in [6.07, 6.45) is -0.506. The Morgan fingerprint density at radius 3 is 2.09 bits per heavy atom. The van der Waals surface area contributed by atoms with Crippen molar-refractivity contribution in [2.45, 2.75) is 19.5 Å². The summed E-state index contributed by atoms with van der Waals surface area (Å²) in [6.45, 7) is -0.210. The number of para-hydroxylation sites is 3. The minimum Gasteiger partial charge on any atom is -0.352 e. The maximum Gasteiger partial charge on any atom is 0.244 e. The number of nitrogens with zero attached hydrogens (tertiary/aromatic N) is 2. The smallest absolute Gasteiger partial charge is 0.244 e. The van der Waals surface area contributed by atoms with E-state index in [1.807, 2.05) is 6.07 Å². The number of nitrogens with one attached hydrogen (secondary N) is 2. The molecule has 5 rings (SSSR count).